The first-order valence-electron chi connectivity index (χ1n) is 10.2. The second kappa shape index (κ2) is 6.31. The van der Waals surface area contributed by atoms with Crippen LogP contribution in [0.15, 0.2) is 48.6 Å². The Kier molecular flexibility index (Phi) is 3.65. The zero-order valence-electron chi connectivity index (χ0n) is 17.7. The molecular formula is C22H22N8O. The number of nitrogens with one attached hydrogen (secondary N) is 1. The van der Waals surface area contributed by atoms with Crippen LogP contribution in [0.25, 0.3) is 5.70 Å². The molecule has 31 heavy (non-hydrogen) atoms. The highest BCUT2D eigenvalue weighted by molar-refractivity contribution is 5.85. The summed E-state index contributed by atoms with van der Waals surface area (Å²) >= 11 is 0. The average molecular weight is 414 g/mol. The molecule has 0 saturated carbocycles. The molecule has 9 heteroatoms. The molecule has 9 nitrogen and oxygen atoms in total. The lowest BCUT2D eigenvalue weighted by Gasteiger charge is -2.38. The number of hydrogen-bond acceptors (Lipinski definition) is 6. The van der Waals surface area contributed by atoms with Gasteiger partial charge in [0.2, 0.25) is 5.95 Å². The second-order valence-corrected chi connectivity index (χ2v) is 8.07. The molecule has 6 rings (SSSR count). The number of aryl methyl sites for hydroxylation is 4. The number of ether oxygens (including phenoxy) is 1. The Hall–Kier alpha value is -3.88. The molecule has 156 valence electrons. The van der Waals surface area contributed by atoms with Crippen molar-refractivity contribution in [3.63, 3.8) is 0 Å². The summed E-state index contributed by atoms with van der Waals surface area (Å²) in [5.74, 6) is 1.53. The maximum Gasteiger partial charge on any atom is 0.226 e. The van der Waals surface area contributed by atoms with E-state index in [9.17, 15) is 0 Å². The van der Waals surface area contributed by atoms with Gasteiger partial charge in [-0.15, -0.1) is 0 Å². The van der Waals surface area contributed by atoms with Gasteiger partial charge in [-0.1, -0.05) is 12.1 Å². The maximum atomic E-state index is 6.63. The molecule has 0 amide bonds. The van der Waals surface area contributed by atoms with Crippen molar-refractivity contribution in [2.75, 3.05) is 5.32 Å². The van der Waals surface area contributed by atoms with Crippen LogP contribution >= 0.6 is 0 Å². The van der Waals surface area contributed by atoms with E-state index in [4.69, 9.17) is 4.74 Å². The molecule has 0 radical (unpaired) electrons. The Bertz CT molecular complexity index is 1360. The van der Waals surface area contributed by atoms with E-state index in [1.807, 2.05) is 66.4 Å². The van der Waals surface area contributed by atoms with Crippen molar-refractivity contribution in [3.8, 4) is 5.75 Å². The number of benzene rings is 1. The van der Waals surface area contributed by atoms with E-state index < -0.39 is 0 Å². The molecule has 0 saturated heterocycles. The molecule has 1 N–H and O–H groups in total. The smallest absolute Gasteiger partial charge is 0.226 e. The van der Waals surface area contributed by atoms with Crippen molar-refractivity contribution in [2.45, 2.75) is 26.0 Å². The van der Waals surface area contributed by atoms with E-state index in [1.54, 1.807) is 6.33 Å². The SMILES string of the molecule is Cc1nn(C)cc1[C@H]1C2=C(Nc3ncnn31)c1ccccc1O[C@@H]2c1cn(C)nc1C. The fourth-order valence-electron chi connectivity index (χ4n) is 4.74. The van der Waals surface area contributed by atoms with Crippen LogP contribution in [-0.4, -0.2) is 34.3 Å². The van der Waals surface area contributed by atoms with Crippen LogP contribution < -0.4 is 10.1 Å². The summed E-state index contributed by atoms with van der Waals surface area (Å²) in [6.07, 6.45) is 5.34. The quantitative estimate of drug-likeness (QED) is 0.543. The Morgan fingerprint density at radius 3 is 2.39 bits per heavy atom. The highest BCUT2D eigenvalue weighted by Crippen LogP contribution is 2.51. The van der Waals surface area contributed by atoms with Gasteiger partial charge in [0.15, 0.2) is 6.10 Å². The van der Waals surface area contributed by atoms with E-state index in [1.165, 1.54) is 0 Å². The molecule has 3 aromatic heterocycles. The number of para-hydroxylation sites is 1. The highest BCUT2D eigenvalue weighted by Gasteiger charge is 2.42. The van der Waals surface area contributed by atoms with Crippen molar-refractivity contribution < 1.29 is 4.74 Å². The van der Waals surface area contributed by atoms with Crippen molar-refractivity contribution in [2.24, 2.45) is 14.1 Å². The zero-order chi connectivity index (χ0) is 21.3. The Balaban J connectivity index is 1.66. The molecule has 5 heterocycles. The third kappa shape index (κ3) is 2.56. The Morgan fingerprint density at radius 1 is 0.968 bits per heavy atom. The topological polar surface area (TPSA) is 87.6 Å². The van der Waals surface area contributed by atoms with Crippen LogP contribution in [0.4, 0.5) is 5.95 Å². The minimum Gasteiger partial charge on any atom is -0.480 e. The number of hydrogen-bond donors (Lipinski definition) is 1. The van der Waals surface area contributed by atoms with Crippen LogP contribution in [0.1, 0.15) is 40.2 Å². The van der Waals surface area contributed by atoms with Gasteiger partial charge in [0.1, 0.15) is 18.1 Å². The second-order valence-electron chi connectivity index (χ2n) is 8.07. The van der Waals surface area contributed by atoms with Crippen LogP contribution in [0.2, 0.25) is 0 Å². The van der Waals surface area contributed by atoms with Crippen molar-refractivity contribution in [1.82, 2.24) is 34.3 Å². The van der Waals surface area contributed by atoms with Gasteiger partial charge >= 0.3 is 0 Å². The summed E-state index contributed by atoms with van der Waals surface area (Å²) in [6, 6.07) is 7.88. The minimum absolute atomic E-state index is 0.208. The maximum absolute atomic E-state index is 6.63. The van der Waals surface area contributed by atoms with Crippen molar-refractivity contribution >= 4 is 11.6 Å². The third-order valence-corrected chi connectivity index (χ3v) is 6.00. The van der Waals surface area contributed by atoms with Gasteiger partial charge in [-0.05, 0) is 26.0 Å². The summed E-state index contributed by atoms with van der Waals surface area (Å²) in [5, 5.41) is 17.3. The number of nitrogens with zero attached hydrogens (tertiary/aromatic N) is 7. The largest absolute Gasteiger partial charge is 0.480 e. The van der Waals surface area contributed by atoms with Crippen LogP contribution in [-0.2, 0) is 14.1 Å². The minimum atomic E-state index is -0.326. The first kappa shape index (κ1) is 17.9. The van der Waals surface area contributed by atoms with Gasteiger partial charge in [-0.25, -0.2) is 4.68 Å². The van der Waals surface area contributed by atoms with Gasteiger partial charge in [0, 0.05) is 48.8 Å². The molecule has 2 aliphatic rings. The fourth-order valence-corrected chi connectivity index (χ4v) is 4.74. The monoisotopic (exact) mass is 414 g/mol. The van der Waals surface area contributed by atoms with Gasteiger partial charge in [-0.2, -0.15) is 20.3 Å². The van der Waals surface area contributed by atoms with E-state index in [0.717, 1.165) is 45.1 Å². The van der Waals surface area contributed by atoms with Crippen molar-refractivity contribution in [3.05, 3.63) is 76.6 Å². The van der Waals surface area contributed by atoms with E-state index in [2.05, 4.69) is 37.9 Å². The summed E-state index contributed by atoms with van der Waals surface area (Å²) in [6.45, 7) is 4.04. The van der Waals surface area contributed by atoms with E-state index in [0.29, 0.717) is 5.95 Å². The summed E-state index contributed by atoms with van der Waals surface area (Å²) in [7, 11) is 3.87. The number of fused-ring (bicyclic) bond motifs is 3. The normalized spacial score (nSPS) is 19.4. The molecule has 0 aliphatic carbocycles. The van der Waals surface area contributed by atoms with Gasteiger partial charge < -0.3 is 10.1 Å². The van der Waals surface area contributed by atoms with Gasteiger partial charge in [0.25, 0.3) is 0 Å². The zero-order valence-corrected chi connectivity index (χ0v) is 17.7. The lowest BCUT2D eigenvalue weighted by molar-refractivity contribution is 0.222. The number of rotatable bonds is 2. The predicted octanol–water partition coefficient (Wildman–Crippen LogP) is 2.92. The summed E-state index contributed by atoms with van der Waals surface area (Å²) < 4.78 is 12.2. The van der Waals surface area contributed by atoms with E-state index >= 15 is 0 Å². The van der Waals surface area contributed by atoms with E-state index in [-0.39, 0.29) is 12.1 Å². The number of aromatic nitrogens is 7. The molecule has 0 fully saturated rings. The van der Waals surface area contributed by atoms with Gasteiger partial charge in [-0.3, -0.25) is 9.36 Å². The third-order valence-electron chi connectivity index (χ3n) is 6.00. The fraction of sp³-hybridized carbons (Fsp3) is 0.273. The van der Waals surface area contributed by atoms with Crippen LogP contribution in [0, 0.1) is 13.8 Å². The molecule has 0 unspecified atom stereocenters. The molecule has 0 bridgehead atoms. The lowest BCUT2D eigenvalue weighted by atomic mass is 9.85. The summed E-state index contributed by atoms with van der Waals surface area (Å²) in [4.78, 5) is 4.47. The highest BCUT2D eigenvalue weighted by atomic mass is 16.5. The Labute approximate surface area is 179 Å². The Morgan fingerprint density at radius 2 is 1.68 bits per heavy atom. The first-order valence-corrected chi connectivity index (χ1v) is 10.2. The van der Waals surface area contributed by atoms with Crippen molar-refractivity contribution in [1.29, 1.82) is 0 Å². The standard InChI is InChI=1S/C22H22N8O/c1-12-15(9-28(3)26-12)20-18-19(25-22-23-11-24-30(20)22)14-7-5-6-8-17(14)31-21(18)16-10-29(4)27-13(16)2/h5-11,20-21H,1-4H3,(H,23,24,25)/t20-,21+/m0/s1. The molecule has 4 aromatic rings. The molecule has 2 atom stereocenters. The molecular weight excluding hydrogens is 392 g/mol. The lowest BCUT2D eigenvalue weighted by Crippen LogP contribution is -2.32. The van der Waals surface area contributed by atoms with Gasteiger partial charge in [0.05, 0.1) is 17.1 Å². The molecule has 0 spiro atoms. The summed E-state index contributed by atoms with van der Waals surface area (Å²) in [5.41, 5.74) is 7.07. The average Bonchev–Trinajstić information content (AvgIpc) is 3.43. The van der Waals surface area contributed by atoms with Crippen LogP contribution in [0.3, 0.4) is 0 Å². The predicted molar refractivity (Wildman–Crippen MR) is 114 cm³/mol. The molecule has 2 aliphatic heterocycles. The number of anilines is 1. The van der Waals surface area contributed by atoms with Crippen LogP contribution in [0.5, 0.6) is 5.75 Å². The first-order chi connectivity index (χ1) is 15.0. The molecule has 1 aromatic carbocycles.